The summed E-state index contributed by atoms with van der Waals surface area (Å²) in [6, 6.07) is 9.40. The van der Waals surface area contributed by atoms with Crippen molar-refractivity contribution in [3.8, 4) is 5.75 Å². The third-order valence-electron chi connectivity index (χ3n) is 6.97. The summed E-state index contributed by atoms with van der Waals surface area (Å²) in [6.45, 7) is 5.33. The number of benzene rings is 2. The molecule has 5 rings (SSSR count). The van der Waals surface area contributed by atoms with Crippen LogP contribution in [-0.4, -0.2) is 66.5 Å². The molecule has 1 fully saturated rings. The Morgan fingerprint density at radius 1 is 1.11 bits per heavy atom. The molecule has 1 N–H and O–H groups in total. The number of aromatic amines is 1. The first-order chi connectivity index (χ1) is 16.7. The van der Waals surface area contributed by atoms with Crippen LogP contribution in [0.4, 0.5) is 17.6 Å². The van der Waals surface area contributed by atoms with E-state index in [1.54, 1.807) is 0 Å². The number of halogens is 4. The van der Waals surface area contributed by atoms with Gasteiger partial charge in [-0.25, -0.2) is 13.2 Å². The number of nitrogens with zero attached hydrogens (tertiary/aromatic N) is 2. The van der Waals surface area contributed by atoms with Crippen molar-refractivity contribution in [2.45, 2.75) is 32.0 Å². The molecule has 2 aliphatic rings. The molecule has 0 bridgehead atoms. The molecule has 1 aromatic heterocycles. The third-order valence-corrected chi connectivity index (χ3v) is 6.97. The predicted molar refractivity (Wildman–Crippen MR) is 128 cm³/mol. The van der Waals surface area contributed by atoms with Gasteiger partial charge in [-0.3, -0.25) is 14.2 Å². The minimum atomic E-state index is -1.53. The fourth-order valence-corrected chi connectivity index (χ4v) is 5.43. The van der Waals surface area contributed by atoms with E-state index in [0.717, 1.165) is 16.5 Å². The summed E-state index contributed by atoms with van der Waals surface area (Å²) in [7, 11) is 0. The van der Waals surface area contributed by atoms with Crippen LogP contribution < -0.4 is 4.74 Å². The molecule has 2 aliphatic heterocycles. The third kappa shape index (κ3) is 4.91. The van der Waals surface area contributed by atoms with Crippen molar-refractivity contribution >= 4 is 10.9 Å². The number of nitrogens with one attached hydrogen (secondary N) is 1. The Balaban J connectivity index is 1.44. The SMILES string of the molecule is CC(C)(F)CN1CCc2c([nH]c3ccccc23)C1c1c(F)cc(OCCN2CC(CF)C2)cc1F. The fraction of sp³-hybridized carbons (Fsp3) is 0.481. The van der Waals surface area contributed by atoms with E-state index in [4.69, 9.17) is 4.74 Å². The number of hydrogen-bond acceptors (Lipinski definition) is 3. The Morgan fingerprint density at radius 3 is 2.51 bits per heavy atom. The maximum absolute atomic E-state index is 15.5. The largest absolute Gasteiger partial charge is 0.492 e. The van der Waals surface area contributed by atoms with Gasteiger partial charge in [-0.05, 0) is 31.9 Å². The highest BCUT2D eigenvalue weighted by atomic mass is 19.1. The maximum Gasteiger partial charge on any atom is 0.135 e. The van der Waals surface area contributed by atoms with Crippen LogP contribution in [0.2, 0.25) is 0 Å². The Hall–Kier alpha value is -2.58. The van der Waals surface area contributed by atoms with E-state index in [2.05, 4.69) is 4.98 Å². The van der Waals surface area contributed by atoms with Crippen molar-refractivity contribution in [3.05, 3.63) is 64.9 Å². The molecule has 2 aromatic carbocycles. The van der Waals surface area contributed by atoms with Gasteiger partial charge >= 0.3 is 0 Å². The zero-order valence-electron chi connectivity index (χ0n) is 20.1. The van der Waals surface area contributed by atoms with Crippen LogP contribution in [0.3, 0.4) is 0 Å². The van der Waals surface area contributed by atoms with Crippen molar-refractivity contribution in [3.63, 3.8) is 0 Å². The lowest BCUT2D eigenvalue weighted by atomic mass is 9.90. The summed E-state index contributed by atoms with van der Waals surface area (Å²) in [6.07, 6.45) is 0.663. The highest BCUT2D eigenvalue weighted by molar-refractivity contribution is 5.85. The molecular formula is C27H31F4N3O. The van der Waals surface area contributed by atoms with E-state index in [1.807, 2.05) is 34.1 Å². The van der Waals surface area contributed by atoms with Crippen molar-refractivity contribution in [2.24, 2.45) is 5.92 Å². The monoisotopic (exact) mass is 489 g/mol. The van der Waals surface area contributed by atoms with Gasteiger partial charge in [0.1, 0.15) is 29.7 Å². The number of likely N-dealkylation sites (tertiary alicyclic amines) is 1. The number of fused-ring (bicyclic) bond motifs is 3. The fourth-order valence-electron chi connectivity index (χ4n) is 5.43. The lowest BCUT2D eigenvalue weighted by Gasteiger charge is -2.38. The molecule has 0 aliphatic carbocycles. The Kier molecular flexibility index (Phi) is 6.53. The summed E-state index contributed by atoms with van der Waals surface area (Å²) in [4.78, 5) is 7.21. The van der Waals surface area contributed by atoms with Crippen LogP contribution in [0.15, 0.2) is 36.4 Å². The summed E-state index contributed by atoms with van der Waals surface area (Å²) in [5.41, 5.74) is 0.968. The number of para-hydroxylation sites is 1. The first-order valence-electron chi connectivity index (χ1n) is 12.2. The topological polar surface area (TPSA) is 31.5 Å². The van der Waals surface area contributed by atoms with E-state index in [1.165, 1.54) is 26.0 Å². The second-order valence-electron chi connectivity index (χ2n) is 10.3. The van der Waals surface area contributed by atoms with E-state index in [9.17, 15) is 8.78 Å². The van der Waals surface area contributed by atoms with Gasteiger partial charge < -0.3 is 9.72 Å². The van der Waals surface area contributed by atoms with E-state index < -0.39 is 23.3 Å². The summed E-state index contributed by atoms with van der Waals surface area (Å²) < 4.78 is 63.9. The average molecular weight is 490 g/mol. The van der Waals surface area contributed by atoms with Gasteiger partial charge in [0.15, 0.2) is 0 Å². The van der Waals surface area contributed by atoms with Crippen molar-refractivity contribution in [1.29, 1.82) is 0 Å². The smallest absolute Gasteiger partial charge is 0.135 e. The highest BCUT2D eigenvalue weighted by Gasteiger charge is 2.38. The summed E-state index contributed by atoms with van der Waals surface area (Å²) >= 11 is 0. The predicted octanol–water partition coefficient (Wildman–Crippen LogP) is 5.42. The number of ether oxygens (including phenoxy) is 1. The lowest BCUT2D eigenvalue weighted by molar-refractivity contribution is 0.0667. The number of aromatic nitrogens is 1. The molecule has 188 valence electrons. The standard InChI is InChI=1S/C27H31F4N3O/c1-27(2,31)16-34-8-7-20-19-5-3-4-6-23(19)32-25(20)26(34)24-21(29)11-18(12-22(24)30)35-10-9-33-14-17(13-28)15-33/h3-6,11-12,17,26,32H,7-10,13-16H2,1-2H3. The molecular weight excluding hydrogens is 458 g/mol. The van der Waals surface area contributed by atoms with Gasteiger partial charge in [0.05, 0.1) is 12.7 Å². The van der Waals surface area contributed by atoms with Crippen LogP contribution in [0, 0.1) is 17.6 Å². The zero-order chi connectivity index (χ0) is 24.7. The minimum Gasteiger partial charge on any atom is -0.492 e. The molecule has 0 saturated carbocycles. The lowest BCUT2D eigenvalue weighted by Crippen LogP contribution is -2.49. The molecule has 35 heavy (non-hydrogen) atoms. The molecule has 3 heterocycles. The van der Waals surface area contributed by atoms with Crippen molar-refractivity contribution in [1.82, 2.24) is 14.8 Å². The van der Waals surface area contributed by atoms with Crippen LogP contribution in [-0.2, 0) is 6.42 Å². The average Bonchev–Trinajstić information content (AvgIpc) is 3.14. The number of H-pyrrole nitrogens is 1. The van der Waals surface area contributed by atoms with Crippen LogP contribution in [0.25, 0.3) is 10.9 Å². The highest BCUT2D eigenvalue weighted by Crippen LogP contribution is 2.41. The van der Waals surface area contributed by atoms with Crippen LogP contribution in [0.5, 0.6) is 5.75 Å². The van der Waals surface area contributed by atoms with Gasteiger partial charge in [-0.15, -0.1) is 0 Å². The second-order valence-corrected chi connectivity index (χ2v) is 10.3. The zero-order valence-corrected chi connectivity index (χ0v) is 20.1. The Morgan fingerprint density at radius 2 is 1.83 bits per heavy atom. The van der Waals surface area contributed by atoms with Gasteiger partial charge in [-0.1, -0.05) is 18.2 Å². The van der Waals surface area contributed by atoms with Gasteiger partial charge in [0.2, 0.25) is 0 Å². The minimum absolute atomic E-state index is 0.0410. The summed E-state index contributed by atoms with van der Waals surface area (Å²) in [5, 5.41) is 1.02. The second kappa shape index (κ2) is 9.47. The maximum atomic E-state index is 15.5. The molecule has 4 nitrogen and oxygen atoms in total. The van der Waals surface area contributed by atoms with Crippen LogP contribution in [0.1, 0.15) is 36.7 Å². The molecule has 3 aromatic rings. The van der Waals surface area contributed by atoms with Crippen LogP contribution >= 0.6 is 0 Å². The molecule has 1 saturated heterocycles. The van der Waals surface area contributed by atoms with Crippen molar-refractivity contribution in [2.75, 3.05) is 46.0 Å². The Bertz CT molecular complexity index is 1180. The van der Waals surface area contributed by atoms with Crippen molar-refractivity contribution < 1.29 is 22.3 Å². The van der Waals surface area contributed by atoms with Gasteiger partial charge in [-0.2, -0.15) is 0 Å². The summed E-state index contributed by atoms with van der Waals surface area (Å²) in [5.74, 6) is -1.26. The van der Waals surface area contributed by atoms with E-state index >= 15 is 8.78 Å². The number of alkyl halides is 2. The van der Waals surface area contributed by atoms with E-state index in [0.29, 0.717) is 38.3 Å². The Labute approximate surface area is 202 Å². The molecule has 1 unspecified atom stereocenters. The van der Waals surface area contributed by atoms with E-state index in [-0.39, 0.29) is 37.1 Å². The van der Waals surface area contributed by atoms with Gasteiger partial charge in [0, 0.05) is 72.9 Å². The number of hydrogen-bond donors (Lipinski definition) is 1. The normalized spacial score (nSPS) is 19.7. The first kappa shape index (κ1) is 24.1. The first-order valence-corrected chi connectivity index (χ1v) is 12.2. The molecule has 0 amide bonds. The molecule has 8 heteroatoms. The number of rotatable bonds is 8. The molecule has 1 atom stereocenters. The molecule has 0 spiro atoms. The van der Waals surface area contributed by atoms with Gasteiger partial charge in [0.25, 0.3) is 0 Å². The quantitative estimate of drug-likeness (QED) is 0.429. The molecule has 0 radical (unpaired) electrons.